The fraction of sp³-hybridized carbons (Fsp3) is 0.231. The van der Waals surface area contributed by atoms with Gasteiger partial charge in [-0.15, -0.1) is 5.10 Å². The molecular weight excluding hydrogens is 353 g/mol. The van der Waals surface area contributed by atoms with Gasteiger partial charge in [0.2, 0.25) is 0 Å². The first-order valence-electron chi connectivity index (χ1n) is 6.45. The molecule has 0 unspecified atom stereocenters. The summed E-state index contributed by atoms with van der Waals surface area (Å²) < 4.78 is 44.4. The lowest BCUT2D eigenvalue weighted by Crippen LogP contribution is -2.12. The summed E-state index contributed by atoms with van der Waals surface area (Å²) in [5.41, 5.74) is -1.26. The van der Waals surface area contributed by atoms with E-state index in [4.69, 9.17) is 16.3 Å². The molecule has 0 amide bonds. The molecule has 0 aliphatic heterocycles. The molecule has 2 aromatic rings. The van der Waals surface area contributed by atoms with Gasteiger partial charge in [0.15, 0.2) is 5.69 Å². The maximum atomic E-state index is 12.9. The summed E-state index contributed by atoms with van der Waals surface area (Å²) in [5.74, 6) is -0.412. The number of nitro benzene ring substituents is 1. The zero-order chi connectivity index (χ0) is 18.1. The SMILES string of the molecule is C[CH]Nc1cc(Oc2nn(C)c(C(F)(F)F)c2Cl)ccc1[N+](=O)[O-]. The minimum Gasteiger partial charge on any atom is -0.436 e. The summed E-state index contributed by atoms with van der Waals surface area (Å²) in [6.45, 7) is 3.07. The number of benzene rings is 1. The lowest BCUT2D eigenvalue weighted by atomic mass is 10.2. The van der Waals surface area contributed by atoms with Crippen LogP contribution >= 0.6 is 11.6 Å². The number of anilines is 1. The fourth-order valence-electron chi connectivity index (χ4n) is 1.97. The van der Waals surface area contributed by atoms with E-state index in [-0.39, 0.29) is 17.1 Å². The van der Waals surface area contributed by atoms with E-state index in [1.54, 1.807) is 6.92 Å². The molecule has 129 valence electrons. The van der Waals surface area contributed by atoms with Crippen LogP contribution in [0.25, 0.3) is 0 Å². The lowest BCUT2D eigenvalue weighted by molar-refractivity contribution is -0.384. The smallest absolute Gasteiger partial charge is 0.434 e. The van der Waals surface area contributed by atoms with E-state index >= 15 is 0 Å². The first kappa shape index (κ1) is 17.9. The van der Waals surface area contributed by atoms with Crippen LogP contribution in [-0.4, -0.2) is 14.7 Å². The molecule has 0 saturated heterocycles. The fourth-order valence-corrected chi connectivity index (χ4v) is 2.27. The van der Waals surface area contributed by atoms with E-state index in [9.17, 15) is 23.3 Å². The van der Waals surface area contributed by atoms with Crippen LogP contribution < -0.4 is 10.1 Å². The molecular formula is C13H11ClF3N4O3. The third-order valence-electron chi connectivity index (χ3n) is 2.91. The highest BCUT2D eigenvalue weighted by Gasteiger charge is 2.39. The molecule has 1 radical (unpaired) electrons. The minimum atomic E-state index is -4.69. The van der Waals surface area contributed by atoms with E-state index in [2.05, 4.69) is 10.4 Å². The van der Waals surface area contributed by atoms with Gasteiger partial charge in [0.05, 0.1) is 4.92 Å². The lowest BCUT2D eigenvalue weighted by Gasteiger charge is -2.08. The second-order valence-electron chi connectivity index (χ2n) is 4.56. The van der Waals surface area contributed by atoms with Gasteiger partial charge in [0.25, 0.3) is 11.6 Å². The van der Waals surface area contributed by atoms with Gasteiger partial charge in [-0.2, -0.15) is 13.2 Å². The average Bonchev–Trinajstić information content (AvgIpc) is 2.73. The van der Waals surface area contributed by atoms with Crippen molar-refractivity contribution in [1.29, 1.82) is 0 Å². The Morgan fingerprint density at radius 2 is 2.12 bits per heavy atom. The Kier molecular flexibility index (Phi) is 4.88. The number of aryl methyl sites for hydroxylation is 1. The van der Waals surface area contributed by atoms with Gasteiger partial charge in [0, 0.05) is 25.7 Å². The van der Waals surface area contributed by atoms with Gasteiger partial charge in [-0.25, -0.2) is 0 Å². The molecule has 11 heteroatoms. The highest BCUT2D eigenvalue weighted by molar-refractivity contribution is 6.32. The average molecular weight is 364 g/mol. The Bertz CT molecular complexity index is 777. The van der Waals surface area contributed by atoms with Crippen molar-refractivity contribution in [2.24, 2.45) is 7.05 Å². The first-order chi connectivity index (χ1) is 11.1. The van der Waals surface area contributed by atoms with Crippen LogP contribution in [0.3, 0.4) is 0 Å². The van der Waals surface area contributed by atoms with Crippen molar-refractivity contribution in [2.45, 2.75) is 13.1 Å². The van der Waals surface area contributed by atoms with Crippen molar-refractivity contribution in [3.8, 4) is 11.6 Å². The normalized spacial score (nSPS) is 11.4. The topological polar surface area (TPSA) is 82.2 Å². The molecule has 1 aromatic carbocycles. The predicted octanol–water partition coefficient (Wildman–Crippen LogP) is 4.39. The molecule has 1 heterocycles. The molecule has 0 aliphatic rings. The number of hydrogen-bond donors (Lipinski definition) is 1. The zero-order valence-electron chi connectivity index (χ0n) is 12.4. The monoisotopic (exact) mass is 363 g/mol. The number of ether oxygens (including phenoxy) is 1. The van der Waals surface area contributed by atoms with Crippen molar-refractivity contribution in [2.75, 3.05) is 5.32 Å². The Hall–Kier alpha value is -2.49. The summed E-state index contributed by atoms with van der Waals surface area (Å²) in [6, 6.07) is 3.65. The Labute approximate surface area is 139 Å². The van der Waals surface area contributed by atoms with Crippen molar-refractivity contribution < 1.29 is 22.8 Å². The third kappa shape index (κ3) is 3.53. The first-order valence-corrected chi connectivity index (χ1v) is 6.83. The molecule has 24 heavy (non-hydrogen) atoms. The number of hydrogen-bond acceptors (Lipinski definition) is 5. The van der Waals surface area contributed by atoms with Crippen LogP contribution in [0.15, 0.2) is 18.2 Å². The van der Waals surface area contributed by atoms with E-state index in [0.717, 1.165) is 13.1 Å². The van der Waals surface area contributed by atoms with Crippen LogP contribution in [-0.2, 0) is 13.2 Å². The number of nitro groups is 1. The molecule has 0 saturated carbocycles. The highest BCUT2D eigenvalue weighted by atomic mass is 35.5. The molecule has 0 bridgehead atoms. The van der Waals surface area contributed by atoms with Crippen molar-refractivity contribution in [3.05, 3.63) is 45.6 Å². The van der Waals surface area contributed by atoms with Gasteiger partial charge in [0.1, 0.15) is 16.5 Å². The van der Waals surface area contributed by atoms with Crippen molar-refractivity contribution >= 4 is 23.0 Å². The molecule has 0 aliphatic carbocycles. The maximum Gasteiger partial charge on any atom is 0.434 e. The Morgan fingerprint density at radius 3 is 2.62 bits per heavy atom. The summed E-state index contributed by atoms with van der Waals surface area (Å²) in [5, 5.41) is 16.5. The summed E-state index contributed by atoms with van der Waals surface area (Å²) >= 11 is 5.69. The van der Waals surface area contributed by atoms with Crippen LogP contribution in [0.5, 0.6) is 11.6 Å². The minimum absolute atomic E-state index is 0.0404. The number of nitrogens with zero attached hydrogens (tertiary/aromatic N) is 3. The standard InChI is InChI=1S/C13H11ClF3N4O3/c1-3-18-8-6-7(4-5-9(8)21(22)23)24-12-10(14)11(13(15,16)17)20(2)19-12/h3-6,18H,1-2H3. The molecule has 1 aromatic heterocycles. The molecule has 1 N–H and O–H groups in total. The largest absolute Gasteiger partial charge is 0.436 e. The highest BCUT2D eigenvalue weighted by Crippen LogP contribution is 2.41. The summed E-state index contributed by atoms with van der Waals surface area (Å²) in [6.07, 6.45) is -4.69. The molecule has 0 atom stereocenters. The van der Waals surface area contributed by atoms with Gasteiger partial charge in [-0.3, -0.25) is 14.8 Å². The van der Waals surface area contributed by atoms with Gasteiger partial charge >= 0.3 is 6.18 Å². The predicted molar refractivity (Wildman–Crippen MR) is 80.0 cm³/mol. The molecule has 2 rings (SSSR count). The van der Waals surface area contributed by atoms with Crippen molar-refractivity contribution in [1.82, 2.24) is 9.78 Å². The van der Waals surface area contributed by atoms with Crippen LogP contribution in [0.4, 0.5) is 24.5 Å². The van der Waals surface area contributed by atoms with E-state index in [1.165, 1.54) is 18.7 Å². The van der Waals surface area contributed by atoms with E-state index < -0.39 is 27.7 Å². The van der Waals surface area contributed by atoms with Crippen LogP contribution in [0.1, 0.15) is 12.6 Å². The van der Waals surface area contributed by atoms with E-state index in [0.29, 0.717) is 4.68 Å². The number of nitrogens with one attached hydrogen (secondary N) is 1. The quantitative estimate of drug-likeness (QED) is 0.629. The molecule has 0 fully saturated rings. The number of alkyl halides is 3. The van der Waals surface area contributed by atoms with Crippen molar-refractivity contribution in [3.63, 3.8) is 0 Å². The van der Waals surface area contributed by atoms with Crippen LogP contribution in [0, 0.1) is 16.7 Å². The number of halogens is 4. The summed E-state index contributed by atoms with van der Waals surface area (Å²) in [7, 11) is 1.08. The molecule has 0 spiro atoms. The Morgan fingerprint density at radius 1 is 1.46 bits per heavy atom. The van der Waals surface area contributed by atoms with Gasteiger partial charge in [-0.1, -0.05) is 11.6 Å². The van der Waals surface area contributed by atoms with Crippen LogP contribution in [0.2, 0.25) is 5.02 Å². The summed E-state index contributed by atoms with van der Waals surface area (Å²) in [4.78, 5) is 10.3. The Balaban J connectivity index is 2.39. The number of rotatable bonds is 5. The second kappa shape index (κ2) is 6.56. The second-order valence-corrected chi connectivity index (χ2v) is 4.94. The number of aromatic nitrogens is 2. The van der Waals surface area contributed by atoms with E-state index in [1.807, 2.05) is 0 Å². The van der Waals surface area contributed by atoms with Gasteiger partial charge < -0.3 is 10.1 Å². The molecule has 7 nitrogen and oxygen atoms in total. The zero-order valence-corrected chi connectivity index (χ0v) is 13.1. The third-order valence-corrected chi connectivity index (χ3v) is 3.25. The van der Waals surface area contributed by atoms with Gasteiger partial charge in [-0.05, 0) is 13.0 Å². The maximum absolute atomic E-state index is 12.9.